The molecule has 4 nitrogen and oxygen atoms in total. The second-order valence-corrected chi connectivity index (χ2v) is 6.05. The Kier molecular flexibility index (Phi) is 9.52. The summed E-state index contributed by atoms with van der Waals surface area (Å²) in [5.41, 5.74) is 1.10. The minimum absolute atomic E-state index is 0.114. The molecule has 0 aliphatic rings. The fourth-order valence-electron chi connectivity index (χ4n) is 2.01. The van der Waals surface area contributed by atoms with Crippen LogP contribution in [0.15, 0.2) is 16.6 Å². The van der Waals surface area contributed by atoms with Crippen molar-refractivity contribution in [3.63, 3.8) is 0 Å². The zero-order valence-electron chi connectivity index (χ0n) is 13.8. The second-order valence-electron chi connectivity index (χ2n) is 5.19. The lowest BCUT2D eigenvalue weighted by Gasteiger charge is -2.17. The van der Waals surface area contributed by atoms with E-state index in [1.807, 2.05) is 19.1 Å². The van der Waals surface area contributed by atoms with Crippen LogP contribution in [0.2, 0.25) is 0 Å². The third-order valence-electron chi connectivity index (χ3n) is 3.46. The summed E-state index contributed by atoms with van der Waals surface area (Å²) >= 11 is 3.60. The zero-order valence-corrected chi connectivity index (χ0v) is 15.4. The van der Waals surface area contributed by atoms with Gasteiger partial charge in [-0.2, -0.15) is 0 Å². The fraction of sp³-hybridized carbons (Fsp3) is 0.647. The quantitative estimate of drug-likeness (QED) is 0.577. The summed E-state index contributed by atoms with van der Waals surface area (Å²) in [6.07, 6.45) is 3.03. The van der Waals surface area contributed by atoms with Gasteiger partial charge in [-0.1, -0.05) is 36.2 Å². The van der Waals surface area contributed by atoms with Gasteiger partial charge in [0.15, 0.2) is 11.5 Å². The molecule has 1 atom stereocenters. The van der Waals surface area contributed by atoms with Crippen molar-refractivity contribution in [3.05, 3.63) is 22.2 Å². The summed E-state index contributed by atoms with van der Waals surface area (Å²) in [5.74, 6) is 1.55. The van der Waals surface area contributed by atoms with Gasteiger partial charge in [-0.15, -0.1) is 0 Å². The first-order valence-corrected chi connectivity index (χ1v) is 8.87. The highest BCUT2D eigenvalue weighted by Crippen LogP contribution is 2.34. The fourth-order valence-corrected chi connectivity index (χ4v) is 2.48. The van der Waals surface area contributed by atoms with Crippen molar-refractivity contribution in [2.24, 2.45) is 0 Å². The van der Waals surface area contributed by atoms with Crippen molar-refractivity contribution in [1.82, 2.24) is 5.32 Å². The van der Waals surface area contributed by atoms with E-state index in [9.17, 15) is 5.11 Å². The van der Waals surface area contributed by atoms with Crippen LogP contribution in [-0.4, -0.2) is 31.0 Å². The van der Waals surface area contributed by atoms with Crippen molar-refractivity contribution in [2.75, 3.05) is 19.8 Å². The molecule has 1 aromatic rings. The van der Waals surface area contributed by atoms with Gasteiger partial charge in [0.25, 0.3) is 0 Å². The van der Waals surface area contributed by atoms with E-state index in [0.717, 1.165) is 40.8 Å². The smallest absolute Gasteiger partial charge is 0.162 e. The van der Waals surface area contributed by atoms with Gasteiger partial charge in [0.1, 0.15) is 0 Å². The summed E-state index contributed by atoms with van der Waals surface area (Å²) in [7, 11) is 0. The summed E-state index contributed by atoms with van der Waals surface area (Å²) in [6, 6.07) is 4.09. The molecule has 0 radical (unpaired) electrons. The molecule has 0 spiro atoms. The second kappa shape index (κ2) is 10.9. The maximum atomic E-state index is 9.26. The van der Waals surface area contributed by atoms with Crippen molar-refractivity contribution < 1.29 is 14.6 Å². The van der Waals surface area contributed by atoms with Gasteiger partial charge in [0.2, 0.25) is 0 Å². The van der Waals surface area contributed by atoms with Gasteiger partial charge < -0.3 is 19.9 Å². The molecule has 5 heteroatoms. The van der Waals surface area contributed by atoms with Crippen LogP contribution in [0.5, 0.6) is 11.5 Å². The minimum atomic E-state index is 0.114. The van der Waals surface area contributed by atoms with Crippen molar-refractivity contribution in [2.45, 2.75) is 52.6 Å². The number of benzene rings is 1. The van der Waals surface area contributed by atoms with Crippen LogP contribution in [-0.2, 0) is 6.54 Å². The molecule has 0 fully saturated rings. The van der Waals surface area contributed by atoms with Gasteiger partial charge in [-0.25, -0.2) is 0 Å². The maximum absolute atomic E-state index is 9.26. The molecule has 0 aliphatic carbocycles. The lowest BCUT2D eigenvalue weighted by atomic mass is 10.1. The number of ether oxygens (including phenoxy) is 2. The number of hydrogen-bond acceptors (Lipinski definition) is 4. The van der Waals surface area contributed by atoms with Crippen LogP contribution in [0, 0.1) is 0 Å². The molecule has 0 amide bonds. The molecule has 0 saturated heterocycles. The summed E-state index contributed by atoms with van der Waals surface area (Å²) in [4.78, 5) is 0. The van der Waals surface area contributed by atoms with E-state index in [2.05, 4.69) is 35.1 Å². The van der Waals surface area contributed by atoms with Crippen molar-refractivity contribution in [1.29, 1.82) is 0 Å². The highest BCUT2D eigenvalue weighted by Gasteiger charge is 2.12. The molecule has 2 N–H and O–H groups in total. The lowest BCUT2D eigenvalue weighted by molar-refractivity contribution is 0.238. The molecule has 126 valence electrons. The number of rotatable bonds is 11. The monoisotopic (exact) mass is 373 g/mol. The van der Waals surface area contributed by atoms with Gasteiger partial charge >= 0.3 is 0 Å². The van der Waals surface area contributed by atoms with E-state index >= 15 is 0 Å². The molecule has 22 heavy (non-hydrogen) atoms. The Labute approximate surface area is 142 Å². The Morgan fingerprint density at radius 3 is 2.50 bits per heavy atom. The van der Waals surface area contributed by atoms with Crippen LogP contribution in [0.4, 0.5) is 0 Å². The highest BCUT2D eigenvalue weighted by molar-refractivity contribution is 9.10. The Morgan fingerprint density at radius 2 is 1.91 bits per heavy atom. The van der Waals surface area contributed by atoms with Gasteiger partial charge in [-0.05, 0) is 37.5 Å². The molecule has 0 heterocycles. The van der Waals surface area contributed by atoms with Gasteiger partial charge in [-0.3, -0.25) is 0 Å². The molecule has 1 rings (SSSR count). The van der Waals surface area contributed by atoms with Crippen LogP contribution in [0.25, 0.3) is 0 Å². The lowest BCUT2D eigenvalue weighted by Crippen LogP contribution is -2.31. The van der Waals surface area contributed by atoms with E-state index in [0.29, 0.717) is 19.8 Å². The number of aliphatic hydroxyl groups excluding tert-OH is 1. The third kappa shape index (κ3) is 6.15. The summed E-state index contributed by atoms with van der Waals surface area (Å²) in [5, 5.41) is 12.6. The van der Waals surface area contributed by atoms with E-state index in [-0.39, 0.29) is 12.6 Å². The molecular weight excluding hydrogens is 346 g/mol. The first kappa shape index (κ1) is 19.3. The molecule has 0 bridgehead atoms. The van der Waals surface area contributed by atoms with E-state index in [1.54, 1.807) is 0 Å². The number of aliphatic hydroxyl groups is 1. The average molecular weight is 374 g/mol. The Morgan fingerprint density at radius 1 is 1.18 bits per heavy atom. The topological polar surface area (TPSA) is 50.7 Å². The van der Waals surface area contributed by atoms with E-state index in [1.165, 1.54) is 0 Å². The Bertz CT molecular complexity index is 436. The predicted molar refractivity (Wildman–Crippen MR) is 93.7 cm³/mol. The average Bonchev–Trinajstić information content (AvgIpc) is 2.52. The van der Waals surface area contributed by atoms with Crippen LogP contribution < -0.4 is 14.8 Å². The molecule has 1 unspecified atom stereocenters. The maximum Gasteiger partial charge on any atom is 0.162 e. The van der Waals surface area contributed by atoms with Crippen LogP contribution in [0.1, 0.15) is 45.6 Å². The van der Waals surface area contributed by atoms with Crippen molar-refractivity contribution in [3.8, 4) is 11.5 Å². The Balaban J connectivity index is 2.83. The molecular formula is C17H28BrNO3. The number of halogens is 1. The number of hydrogen-bond donors (Lipinski definition) is 2. The first-order valence-electron chi connectivity index (χ1n) is 8.08. The van der Waals surface area contributed by atoms with E-state index < -0.39 is 0 Å². The third-order valence-corrected chi connectivity index (χ3v) is 4.20. The first-order chi connectivity index (χ1) is 10.7. The number of nitrogens with one attached hydrogen (secondary N) is 1. The van der Waals surface area contributed by atoms with Gasteiger partial charge in [0.05, 0.1) is 19.8 Å². The van der Waals surface area contributed by atoms with Gasteiger partial charge in [0, 0.05) is 17.1 Å². The number of unbranched alkanes of at least 4 members (excludes halogenated alkanes) is 1. The van der Waals surface area contributed by atoms with E-state index in [4.69, 9.17) is 9.47 Å². The summed E-state index contributed by atoms with van der Waals surface area (Å²) in [6.45, 7) is 8.28. The minimum Gasteiger partial charge on any atom is -0.490 e. The highest BCUT2D eigenvalue weighted by atomic mass is 79.9. The predicted octanol–water partition coefficient (Wildman–Crippen LogP) is 3.89. The Hall–Kier alpha value is -0.780. The van der Waals surface area contributed by atoms with Crippen LogP contribution in [0.3, 0.4) is 0 Å². The standard InChI is InChI=1S/C17H28BrNO3/c1-4-7-8-22-17-10-15(18)13(9-16(17)21-6-3)11-19-14(5-2)12-20/h9-10,14,19-20H,4-8,11-12H2,1-3H3. The van der Waals surface area contributed by atoms with Crippen LogP contribution >= 0.6 is 15.9 Å². The normalized spacial score (nSPS) is 12.2. The summed E-state index contributed by atoms with van der Waals surface area (Å²) < 4.78 is 12.5. The largest absolute Gasteiger partial charge is 0.490 e. The van der Waals surface area contributed by atoms with Crippen molar-refractivity contribution >= 4 is 15.9 Å². The SMILES string of the molecule is CCCCOc1cc(Br)c(CNC(CC)CO)cc1OCC. The molecule has 0 aromatic heterocycles. The zero-order chi connectivity index (χ0) is 16.4. The molecule has 1 aromatic carbocycles. The molecule has 0 aliphatic heterocycles. The molecule has 0 saturated carbocycles.